The summed E-state index contributed by atoms with van der Waals surface area (Å²) in [5.41, 5.74) is 8.17. The third-order valence-electron chi connectivity index (χ3n) is 1.60. The average molecular weight is 207 g/mol. The van der Waals surface area contributed by atoms with Gasteiger partial charge in [0.2, 0.25) is 0 Å². The first-order valence-electron chi connectivity index (χ1n) is 4.21. The number of aromatic carboxylic acids is 1. The number of nitrogens with zero attached hydrogens (tertiary/aromatic N) is 3. The third kappa shape index (κ3) is 3.58. The fourth-order valence-corrected chi connectivity index (χ4v) is 0.968. The smallest absolute Gasteiger partial charge is 0.335 e. The number of carboxylic acids is 1. The minimum Gasteiger partial charge on any atom is -0.493 e. The maximum atomic E-state index is 10.6. The second-order valence-electron chi connectivity index (χ2n) is 2.64. The maximum absolute atomic E-state index is 10.6. The molecule has 78 valence electrons. The average Bonchev–Trinajstić information content (AvgIpc) is 2.25. The SMILES string of the molecule is [N-]=[N+]=NCCOc1cccc(C(=O)O)c1. The quantitative estimate of drug-likeness (QED) is 0.346. The number of carboxylic acid groups (broad SMARTS) is 1. The van der Waals surface area contributed by atoms with Crippen molar-refractivity contribution in [2.75, 3.05) is 13.2 Å². The maximum Gasteiger partial charge on any atom is 0.335 e. The first kappa shape index (κ1) is 10.9. The predicted octanol–water partition coefficient (Wildman–Crippen LogP) is 2.07. The zero-order chi connectivity index (χ0) is 11.1. The molecule has 0 fully saturated rings. The van der Waals surface area contributed by atoms with Crippen LogP contribution in [0.1, 0.15) is 10.4 Å². The molecule has 1 aromatic rings. The van der Waals surface area contributed by atoms with Gasteiger partial charge in [-0.25, -0.2) is 4.79 Å². The van der Waals surface area contributed by atoms with Gasteiger partial charge in [-0.1, -0.05) is 11.2 Å². The lowest BCUT2D eigenvalue weighted by atomic mass is 10.2. The Labute approximate surface area is 85.7 Å². The van der Waals surface area contributed by atoms with Gasteiger partial charge < -0.3 is 9.84 Å². The summed E-state index contributed by atoms with van der Waals surface area (Å²) in [5, 5.41) is 12.0. The summed E-state index contributed by atoms with van der Waals surface area (Å²) in [6.07, 6.45) is 0. The molecule has 0 aliphatic carbocycles. The fraction of sp³-hybridized carbons (Fsp3) is 0.222. The monoisotopic (exact) mass is 207 g/mol. The molecular weight excluding hydrogens is 198 g/mol. The second-order valence-corrected chi connectivity index (χ2v) is 2.64. The predicted molar refractivity (Wildman–Crippen MR) is 52.9 cm³/mol. The van der Waals surface area contributed by atoms with Crippen molar-refractivity contribution in [3.8, 4) is 5.75 Å². The van der Waals surface area contributed by atoms with Gasteiger partial charge in [-0.05, 0) is 23.7 Å². The molecule has 6 nitrogen and oxygen atoms in total. The Kier molecular flexibility index (Phi) is 4.00. The summed E-state index contributed by atoms with van der Waals surface area (Å²) in [7, 11) is 0. The van der Waals surface area contributed by atoms with Gasteiger partial charge in [0.15, 0.2) is 0 Å². The molecule has 1 N–H and O–H groups in total. The molecular formula is C9H9N3O3. The van der Waals surface area contributed by atoms with E-state index in [9.17, 15) is 4.79 Å². The zero-order valence-corrected chi connectivity index (χ0v) is 7.83. The Morgan fingerprint density at radius 1 is 1.60 bits per heavy atom. The van der Waals surface area contributed by atoms with Gasteiger partial charge in [0, 0.05) is 4.91 Å². The number of carbonyl (C=O) groups is 1. The van der Waals surface area contributed by atoms with Crippen LogP contribution in [0.25, 0.3) is 10.4 Å². The molecule has 0 atom stereocenters. The van der Waals surface area contributed by atoms with E-state index in [1.165, 1.54) is 12.1 Å². The molecule has 0 amide bonds. The van der Waals surface area contributed by atoms with Gasteiger partial charge in [0.05, 0.1) is 18.7 Å². The van der Waals surface area contributed by atoms with E-state index in [0.717, 1.165) is 0 Å². The largest absolute Gasteiger partial charge is 0.493 e. The Balaban J connectivity index is 2.57. The lowest BCUT2D eigenvalue weighted by molar-refractivity contribution is 0.0696. The number of azide groups is 1. The van der Waals surface area contributed by atoms with Gasteiger partial charge in [0.1, 0.15) is 5.75 Å². The summed E-state index contributed by atoms with van der Waals surface area (Å²) >= 11 is 0. The summed E-state index contributed by atoms with van der Waals surface area (Å²) in [6.45, 7) is 0.445. The van der Waals surface area contributed by atoms with Crippen molar-refractivity contribution in [2.45, 2.75) is 0 Å². The highest BCUT2D eigenvalue weighted by atomic mass is 16.5. The third-order valence-corrected chi connectivity index (χ3v) is 1.60. The van der Waals surface area contributed by atoms with Crippen LogP contribution in [0, 0.1) is 0 Å². The number of hydrogen-bond acceptors (Lipinski definition) is 3. The first-order valence-corrected chi connectivity index (χ1v) is 4.21. The van der Waals surface area contributed by atoms with Gasteiger partial charge in [-0.3, -0.25) is 0 Å². The minimum atomic E-state index is -1.00. The van der Waals surface area contributed by atoms with E-state index >= 15 is 0 Å². The van der Waals surface area contributed by atoms with Crippen LogP contribution in [0.5, 0.6) is 5.75 Å². The highest BCUT2D eigenvalue weighted by Crippen LogP contribution is 2.12. The van der Waals surface area contributed by atoms with Crippen molar-refractivity contribution in [2.24, 2.45) is 5.11 Å². The molecule has 0 aliphatic rings. The second kappa shape index (κ2) is 5.51. The van der Waals surface area contributed by atoms with Gasteiger partial charge in [-0.15, -0.1) is 0 Å². The molecule has 0 saturated heterocycles. The molecule has 0 saturated carbocycles. The van der Waals surface area contributed by atoms with Crippen LogP contribution >= 0.6 is 0 Å². The molecule has 0 aliphatic heterocycles. The molecule has 6 heteroatoms. The van der Waals surface area contributed by atoms with E-state index in [4.69, 9.17) is 15.4 Å². The summed E-state index contributed by atoms with van der Waals surface area (Å²) in [5.74, 6) is -0.557. The van der Waals surface area contributed by atoms with Gasteiger partial charge in [0.25, 0.3) is 0 Å². The zero-order valence-electron chi connectivity index (χ0n) is 7.83. The van der Waals surface area contributed by atoms with Crippen LogP contribution in [-0.4, -0.2) is 24.2 Å². The fourth-order valence-electron chi connectivity index (χ4n) is 0.968. The number of benzene rings is 1. The van der Waals surface area contributed by atoms with Crippen LogP contribution in [0.3, 0.4) is 0 Å². The van der Waals surface area contributed by atoms with Crippen LogP contribution in [-0.2, 0) is 0 Å². The Bertz CT molecular complexity index is 399. The number of hydrogen-bond donors (Lipinski definition) is 1. The van der Waals surface area contributed by atoms with Crippen LogP contribution in [0.2, 0.25) is 0 Å². The number of rotatable bonds is 5. The van der Waals surface area contributed by atoms with Crippen molar-refractivity contribution >= 4 is 5.97 Å². The molecule has 0 heterocycles. The van der Waals surface area contributed by atoms with Crippen molar-refractivity contribution < 1.29 is 14.6 Å². The van der Waals surface area contributed by atoms with Crippen LogP contribution in [0.15, 0.2) is 29.4 Å². The molecule has 1 aromatic carbocycles. The highest BCUT2D eigenvalue weighted by molar-refractivity contribution is 5.87. The molecule has 1 rings (SSSR count). The van der Waals surface area contributed by atoms with Crippen LogP contribution in [0.4, 0.5) is 0 Å². The normalized spacial score (nSPS) is 9.07. The van der Waals surface area contributed by atoms with Crippen LogP contribution < -0.4 is 4.74 Å². The molecule has 0 radical (unpaired) electrons. The van der Waals surface area contributed by atoms with E-state index in [1.54, 1.807) is 12.1 Å². The lowest BCUT2D eigenvalue weighted by Gasteiger charge is -2.04. The van der Waals surface area contributed by atoms with Crippen molar-refractivity contribution in [3.63, 3.8) is 0 Å². The van der Waals surface area contributed by atoms with E-state index in [1.807, 2.05) is 0 Å². The van der Waals surface area contributed by atoms with E-state index in [0.29, 0.717) is 5.75 Å². The summed E-state index contributed by atoms with van der Waals surface area (Å²) < 4.78 is 5.17. The molecule has 0 aromatic heterocycles. The topological polar surface area (TPSA) is 95.3 Å². The van der Waals surface area contributed by atoms with Crippen molar-refractivity contribution in [3.05, 3.63) is 40.3 Å². The molecule has 0 spiro atoms. The lowest BCUT2D eigenvalue weighted by Crippen LogP contribution is -2.02. The summed E-state index contributed by atoms with van der Waals surface area (Å²) in [4.78, 5) is 13.2. The Morgan fingerprint density at radius 2 is 2.40 bits per heavy atom. The molecule has 0 bridgehead atoms. The molecule has 0 unspecified atom stereocenters. The van der Waals surface area contributed by atoms with E-state index in [2.05, 4.69) is 10.0 Å². The Hall–Kier alpha value is -2.20. The Morgan fingerprint density at radius 3 is 3.07 bits per heavy atom. The van der Waals surface area contributed by atoms with Gasteiger partial charge in [-0.2, -0.15) is 0 Å². The highest BCUT2D eigenvalue weighted by Gasteiger charge is 2.02. The minimum absolute atomic E-state index is 0.163. The van der Waals surface area contributed by atoms with Gasteiger partial charge >= 0.3 is 5.97 Å². The number of ether oxygens (including phenoxy) is 1. The van der Waals surface area contributed by atoms with Crippen molar-refractivity contribution in [1.82, 2.24) is 0 Å². The standard InChI is InChI=1S/C9H9N3O3/c10-12-11-4-5-15-8-3-1-2-7(6-8)9(13)14/h1-3,6H,4-5H2,(H,13,14). The van der Waals surface area contributed by atoms with E-state index in [-0.39, 0.29) is 18.7 Å². The van der Waals surface area contributed by atoms with Crippen molar-refractivity contribution in [1.29, 1.82) is 0 Å². The summed E-state index contributed by atoms with van der Waals surface area (Å²) in [6, 6.07) is 6.12. The van der Waals surface area contributed by atoms with E-state index < -0.39 is 5.97 Å². The molecule has 15 heavy (non-hydrogen) atoms. The first-order chi connectivity index (χ1) is 7.24.